The molecule has 1 amide bonds. The zero-order chi connectivity index (χ0) is 29.8. The smallest absolute Gasteiger partial charge is 0.229 e. The van der Waals surface area contributed by atoms with Crippen LogP contribution in [0.5, 0.6) is 0 Å². The highest BCUT2D eigenvalue weighted by Gasteiger charge is 2.42. The van der Waals surface area contributed by atoms with Crippen LogP contribution in [-0.2, 0) is 15.2 Å². The number of hydrogen-bond acceptors (Lipinski definition) is 7. The summed E-state index contributed by atoms with van der Waals surface area (Å²) in [6, 6.07) is 6.82. The van der Waals surface area contributed by atoms with Crippen LogP contribution in [0.4, 0.5) is 24.8 Å². The van der Waals surface area contributed by atoms with Crippen LogP contribution in [0.2, 0.25) is 0 Å². The van der Waals surface area contributed by atoms with Crippen molar-refractivity contribution >= 4 is 23.1 Å². The number of pyridine rings is 1. The molecule has 4 atom stereocenters. The summed E-state index contributed by atoms with van der Waals surface area (Å²) in [5.41, 5.74) is 6.57. The van der Waals surface area contributed by atoms with Gasteiger partial charge in [-0.3, -0.25) is 9.78 Å². The number of hydrogen-bond donors (Lipinski definition) is 2. The van der Waals surface area contributed by atoms with Crippen molar-refractivity contribution in [1.29, 1.82) is 0 Å². The number of fused-ring (bicyclic) bond motifs is 1. The summed E-state index contributed by atoms with van der Waals surface area (Å²) >= 11 is 0. The summed E-state index contributed by atoms with van der Waals surface area (Å²) in [5, 5.41) is 7.77. The van der Waals surface area contributed by atoms with E-state index in [-0.39, 0.29) is 59.9 Å². The van der Waals surface area contributed by atoms with Crippen LogP contribution in [0.15, 0.2) is 48.9 Å². The highest BCUT2D eigenvalue weighted by molar-refractivity contribution is 5.73. The molecular formula is C30H32F3N7O2. The van der Waals surface area contributed by atoms with Gasteiger partial charge in [-0.1, -0.05) is 6.92 Å². The number of nitrogens with two attached hydrogens (primary N) is 1. The normalized spacial score (nSPS) is 23.4. The fourth-order valence-corrected chi connectivity index (χ4v) is 6.32. The van der Waals surface area contributed by atoms with Gasteiger partial charge >= 0.3 is 0 Å². The Hall–Kier alpha value is -4.03. The maximum Gasteiger partial charge on any atom is 0.229 e. The largest absolute Gasteiger partial charge is 0.374 e. The maximum atomic E-state index is 15.1. The van der Waals surface area contributed by atoms with E-state index in [0.29, 0.717) is 23.6 Å². The summed E-state index contributed by atoms with van der Waals surface area (Å²) in [7, 11) is 1.79. The van der Waals surface area contributed by atoms with Gasteiger partial charge in [-0.2, -0.15) is 9.61 Å². The lowest BCUT2D eigenvalue weighted by molar-refractivity contribution is -0.135. The molecule has 9 nitrogen and oxygen atoms in total. The number of imidazole rings is 1. The van der Waals surface area contributed by atoms with E-state index in [0.717, 1.165) is 24.1 Å². The molecule has 12 heteroatoms. The van der Waals surface area contributed by atoms with Gasteiger partial charge in [0.1, 0.15) is 11.6 Å². The van der Waals surface area contributed by atoms with E-state index >= 15 is 8.78 Å². The number of nitrogens with one attached hydrogen (secondary N) is 1. The molecule has 0 radical (unpaired) electrons. The Morgan fingerprint density at radius 3 is 2.55 bits per heavy atom. The lowest BCUT2D eigenvalue weighted by atomic mass is 9.73. The molecule has 4 aromatic rings. The summed E-state index contributed by atoms with van der Waals surface area (Å²) < 4.78 is 51.4. The Balaban J connectivity index is 1.30. The maximum absolute atomic E-state index is 15.1. The summed E-state index contributed by atoms with van der Waals surface area (Å²) in [5.74, 6) is -1.24. The van der Waals surface area contributed by atoms with Gasteiger partial charge in [0.05, 0.1) is 48.1 Å². The number of likely N-dealkylation sites (N-methyl/N-ethyl adjacent to an activating group) is 1. The third-order valence-electron chi connectivity index (χ3n) is 8.58. The zero-order valence-electron chi connectivity index (χ0n) is 23.5. The van der Waals surface area contributed by atoms with Crippen LogP contribution in [0.3, 0.4) is 0 Å². The van der Waals surface area contributed by atoms with E-state index < -0.39 is 17.3 Å². The molecule has 6 rings (SSSR count). The van der Waals surface area contributed by atoms with Gasteiger partial charge in [-0.15, -0.1) is 0 Å². The molecule has 1 aliphatic heterocycles. The number of aromatic nitrogens is 4. The predicted octanol–water partition coefficient (Wildman–Crippen LogP) is 4.70. The second-order valence-corrected chi connectivity index (χ2v) is 11.4. The molecule has 1 saturated carbocycles. The Morgan fingerprint density at radius 1 is 1.17 bits per heavy atom. The van der Waals surface area contributed by atoms with E-state index in [1.807, 2.05) is 6.07 Å². The molecule has 0 spiro atoms. The number of carbonyl (C=O) groups is 1. The van der Waals surface area contributed by atoms with Gasteiger partial charge in [0.25, 0.3) is 0 Å². The molecule has 3 N–H and O–H groups in total. The summed E-state index contributed by atoms with van der Waals surface area (Å²) in [6.45, 7) is 3.18. The van der Waals surface area contributed by atoms with Crippen molar-refractivity contribution < 1.29 is 22.7 Å². The molecule has 1 aromatic carbocycles. The number of anilines is 2. The number of amides is 1. The Kier molecular flexibility index (Phi) is 7.14. The number of nitrogens with zero attached hydrogens (tertiary/aromatic N) is 5. The average molecular weight is 580 g/mol. The van der Waals surface area contributed by atoms with Crippen molar-refractivity contribution in [2.75, 3.05) is 25.6 Å². The first kappa shape index (κ1) is 28.1. The molecule has 4 heterocycles. The van der Waals surface area contributed by atoms with Crippen molar-refractivity contribution in [2.24, 2.45) is 11.7 Å². The van der Waals surface area contributed by atoms with Crippen LogP contribution in [0.1, 0.15) is 43.7 Å². The third kappa shape index (κ3) is 4.88. The highest BCUT2D eigenvalue weighted by atomic mass is 19.1. The van der Waals surface area contributed by atoms with E-state index in [9.17, 15) is 9.18 Å². The minimum Gasteiger partial charge on any atom is -0.374 e. The van der Waals surface area contributed by atoms with Crippen molar-refractivity contribution in [3.05, 3.63) is 71.7 Å². The fourth-order valence-electron chi connectivity index (χ4n) is 6.32. The van der Waals surface area contributed by atoms with Gasteiger partial charge < -0.3 is 20.7 Å². The van der Waals surface area contributed by atoms with E-state index in [2.05, 4.69) is 27.3 Å². The van der Waals surface area contributed by atoms with E-state index in [1.165, 1.54) is 10.6 Å². The Morgan fingerprint density at radius 2 is 1.90 bits per heavy atom. The second-order valence-electron chi connectivity index (χ2n) is 11.4. The van der Waals surface area contributed by atoms with Gasteiger partial charge in [0.2, 0.25) is 11.9 Å². The molecule has 42 heavy (non-hydrogen) atoms. The first-order chi connectivity index (χ1) is 20.1. The number of benzene rings is 1. The monoisotopic (exact) mass is 579 g/mol. The van der Waals surface area contributed by atoms with Gasteiger partial charge in [0.15, 0.2) is 5.67 Å². The SMILES string of the molecule is CC(=O)N(C)[C@@H]1[C@H](N)C[C@H](c2ccncc2Nc2ncc3ccc(-c4c(F)cc(C5(F)COC5)cc4F)nn23)C[C@@H]1C. The van der Waals surface area contributed by atoms with Crippen LogP contribution in [0, 0.1) is 17.6 Å². The number of alkyl halides is 1. The number of halogens is 3. The summed E-state index contributed by atoms with van der Waals surface area (Å²) in [6.07, 6.45) is 6.50. The van der Waals surface area contributed by atoms with Crippen LogP contribution >= 0.6 is 0 Å². The van der Waals surface area contributed by atoms with E-state index in [4.69, 9.17) is 10.5 Å². The number of ether oxygens (including phenoxy) is 1. The van der Waals surface area contributed by atoms with Crippen molar-refractivity contribution in [1.82, 2.24) is 24.5 Å². The molecule has 0 bridgehead atoms. The standard InChI is InChI=1S/C30H32F3N7O2/c1-16-8-18(9-24(34)28(16)39(3)17(2)41)21-6-7-35-13-26(21)37-29-36-12-20-4-5-25(38-40(20)29)27-22(31)10-19(11-23(27)32)30(33)14-42-15-30/h4-7,10-13,16,18,24,28H,8-9,14-15,34H2,1-3H3,(H,36,37)/t16-,18+,24+,28-/m0/s1. The molecule has 3 aromatic heterocycles. The van der Waals surface area contributed by atoms with Crippen molar-refractivity contribution in [3.63, 3.8) is 0 Å². The van der Waals surface area contributed by atoms with Crippen LogP contribution in [0.25, 0.3) is 16.8 Å². The fraction of sp³-hybridized carbons (Fsp3) is 0.400. The summed E-state index contributed by atoms with van der Waals surface area (Å²) in [4.78, 5) is 22.5. The minimum atomic E-state index is -1.90. The molecule has 220 valence electrons. The second kappa shape index (κ2) is 10.7. The Bertz CT molecular complexity index is 1620. The Labute approximate surface area is 240 Å². The third-order valence-corrected chi connectivity index (χ3v) is 8.58. The van der Waals surface area contributed by atoms with Gasteiger partial charge in [0, 0.05) is 32.3 Å². The molecule has 1 saturated heterocycles. The van der Waals surface area contributed by atoms with Gasteiger partial charge in [-0.05, 0) is 66.1 Å². The molecule has 1 aliphatic carbocycles. The lowest BCUT2D eigenvalue weighted by Crippen LogP contribution is -2.54. The predicted molar refractivity (Wildman–Crippen MR) is 151 cm³/mol. The molecular weight excluding hydrogens is 547 g/mol. The lowest BCUT2D eigenvalue weighted by Gasteiger charge is -2.43. The highest BCUT2D eigenvalue weighted by Crippen LogP contribution is 2.41. The topological polar surface area (TPSA) is 111 Å². The molecule has 0 unspecified atom stereocenters. The van der Waals surface area contributed by atoms with Crippen molar-refractivity contribution in [3.8, 4) is 11.3 Å². The van der Waals surface area contributed by atoms with Gasteiger partial charge in [-0.25, -0.2) is 18.2 Å². The van der Waals surface area contributed by atoms with Crippen LogP contribution < -0.4 is 11.1 Å². The average Bonchev–Trinajstić information content (AvgIpc) is 3.33. The quantitative estimate of drug-likeness (QED) is 0.341. The zero-order valence-corrected chi connectivity index (χ0v) is 23.5. The number of carbonyl (C=O) groups excluding carboxylic acids is 1. The van der Waals surface area contributed by atoms with Crippen LogP contribution in [-0.4, -0.2) is 62.7 Å². The number of rotatable bonds is 6. The first-order valence-corrected chi connectivity index (χ1v) is 13.9. The molecule has 2 fully saturated rings. The first-order valence-electron chi connectivity index (χ1n) is 13.9. The van der Waals surface area contributed by atoms with Crippen molar-refractivity contribution in [2.45, 2.75) is 50.4 Å². The molecule has 2 aliphatic rings. The van der Waals surface area contributed by atoms with E-state index in [1.54, 1.807) is 43.5 Å². The minimum absolute atomic E-state index is 0.0138.